The van der Waals surface area contributed by atoms with Gasteiger partial charge in [0.1, 0.15) is 5.75 Å². The number of thioether (sulfide) groups is 1. The van der Waals surface area contributed by atoms with Gasteiger partial charge in [0.2, 0.25) is 5.13 Å². The third-order valence-corrected chi connectivity index (χ3v) is 5.71. The first-order chi connectivity index (χ1) is 12.6. The van der Waals surface area contributed by atoms with Crippen molar-refractivity contribution in [3.05, 3.63) is 65.2 Å². The van der Waals surface area contributed by atoms with Crippen LogP contribution < -0.4 is 10.1 Å². The van der Waals surface area contributed by atoms with Gasteiger partial charge in [-0.05, 0) is 24.6 Å². The fourth-order valence-electron chi connectivity index (χ4n) is 2.03. The molecule has 1 amide bonds. The number of ether oxygens (including phenoxy) is 1. The molecule has 1 unspecified atom stereocenters. The maximum Gasteiger partial charge on any atom is 0.266 e. The van der Waals surface area contributed by atoms with Gasteiger partial charge in [0, 0.05) is 5.75 Å². The van der Waals surface area contributed by atoms with Gasteiger partial charge in [-0.1, -0.05) is 77.2 Å². The van der Waals surface area contributed by atoms with Crippen LogP contribution in [0, 0.1) is 0 Å². The molecular formula is C18H16ClN3O2S2. The topological polar surface area (TPSA) is 64.1 Å². The molecule has 0 aliphatic heterocycles. The predicted octanol–water partition coefficient (Wildman–Crippen LogP) is 4.89. The molecule has 8 heteroatoms. The molecule has 0 bridgehead atoms. The number of carbonyl (C=O) groups is 1. The van der Waals surface area contributed by atoms with Crippen molar-refractivity contribution in [3.63, 3.8) is 0 Å². The second-order valence-corrected chi connectivity index (χ2v) is 7.93. The number of hydrogen-bond donors (Lipinski definition) is 1. The van der Waals surface area contributed by atoms with Crippen LogP contribution in [0.3, 0.4) is 0 Å². The number of carbonyl (C=O) groups excluding carboxylic acids is 1. The molecule has 1 atom stereocenters. The molecule has 0 fully saturated rings. The molecule has 3 rings (SSSR count). The van der Waals surface area contributed by atoms with Crippen LogP contribution in [-0.4, -0.2) is 22.2 Å². The highest BCUT2D eigenvalue weighted by atomic mass is 35.5. The summed E-state index contributed by atoms with van der Waals surface area (Å²) in [5.74, 6) is 0.962. The number of halogens is 1. The SMILES string of the molecule is CC(Oc1ccccc1Cl)C(=O)Nc1nnc(SCc2ccccc2)s1. The number of nitrogens with one attached hydrogen (secondary N) is 1. The average Bonchev–Trinajstić information content (AvgIpc) is 3.10. The number of anilines is 1. The van der Waals surface area contributed by atoms with E-state index in [1.807, 2.05) is 18.2 Å². The summed E-state index contributed by atoms with van der Waals surface area (Å²) in [5.41, 5.74) is 1.21. The van der Waals surface area contributed by atoms with Gasteiger partial charge in [0.15, 0.2) is 10.4 Å². The quantitative estimate of drug-likeness (QED) is 0.448. The van der Waals surface area contributed by atoms with Crippen molar-refractivity contribution in [2.24, 2.45) is 0 Å². The van der Waals surface area contributed by atoms with E-state index in [2.05, 4.69) is 27.6 Å². The summed E-state index contributed by atoms with van der Waals surface area (Å²) in [5, 5.41) is 11.7. The zero-order valence-electron chi connectivity index (χ0n) is 13.9. The van der Waals surface area contributed by atoms with Crippen molar-refractivity contribution in [2.45, 2.75) is 23.1 Å². The lowest BCUT2D eigenvalue weighted by Crippen LogP contribution is -2.30. The van der Waals surface area contributed by atoms with Gasteiger partial charge < -0.3 is 4.74 Å². The van der Waals surface area contributed by atoms with Gasteiger partial charge in [-0.25, -0.2) is 0 Å². The lowest BCUT2D eigenvalue weighted by atomic mass is 10.2. The molecule has 0 radical (unpaired) electrons. The van der Waals surface area contributed by atoms with E-state index in [1.165, 1.54) is 16.9 Å². The molecule has 1 heterocycles. The normalized spacial score (nSPS) is 11.8. The standard InChI is InChI=1S/C18H16ClN3O2S2/c1-12(24-15-10-6-5-9-14(15)19)16(23)20-17-21-22-18(26-17)25-11-13-7-3-2-4-8-13/h2-10,12H,11H2,1H3,(H,20,21,23). The lowest BCUT2D eigenvalue weighted by Gasteiger charge is -2.14. The van der Waals surface area contributed by atoms with Crippen LogP contribution in [0.15, 0.2) is 58.9 Å². The fraction of sp³-hybridized carbons (Fsp3) is 0.167. The van der Waals surface area contributed by atoms with Crippen molar-refractivity contribution in [3.8, 4) is 5.75 Å². The van der Waals surface area contributed by atoms with Crippen molar-refractivity contribution in [2.75, 3.05) is 5.32 Å². The van der Waals surface area contributed by atoms with Crippen molar-refractivity contribution in [1.29, 1.82) is 0 Å². The minimum absolute atomic E-state index is 0.305. The number of hydrogen-bond acceptors (Lipinski definition) is 6. The number of para-hydroxylation sites is 1. The maximum absolute atomic E-state index is 12.3. The molecule has 0 spiro atoms. The van der Waals surface area contributed by atoms with Gasteiger partial charge >= 0.3 is 0 Å². The van der Waals surface area contributed by atoms with E-state index in [0.717, 1.165) is 10.1 Å². The van der Waals surface area contributed by atoms with Crippen LogP contribution in [0.5, 0.6) is 5.75 Å². The molecule has 0 saturated carbocycles. The van der Waals surface area contributed by atoms with Gasteiger partial charge in [-0.3, -0.25) is 10.1 Å². The van der Waals surface area contributed by atoms with Crippen LogP contribution in [0.25, 0.3) is 0 Å². The zero-order valence-corrected chi connectivity index (χ0v) is 16.3. The van der Waals surface area contributed by atoms with Gasteiger partial charge in [0.05, 0.1) is 5.02 Å². The first-order valence-electron chi connectivity index (χ1n) is 7.84. The van der Waals surface area contributed by atoms with Gasteiger partial charge in [0.25, 0.3) is 5.91 Å². The number of benzene rings is 2. The predicted molar refractivity (Wildman–Crippen MR) is 106 cm³/mol. The van der Waals surface area contributed by atoms with Crippen molar-refractivity contribution < 1.29 is 9.53 Å². The molecule has 1 N–H and O–H groups in total. The molecule has 0 aliphatic carbocycles. The molecule has 1 aromatic heterocycles. The fourth-order valence-corrected chi connectivity index (χ4v) is 3.92. The first kappa shape index (κ1) is 18.7. The molecular weight excluding hydrogens is 390 g/mol. The number of nitrogens with zero attached hydrogens (tertiary/aromatic N) is 2. The smallest absolute Gasteiger partial charge is 0.266 e. The number of aromatic nitrogens is 2. The number of rotatable bonds is 7. The molecule has 134 valence electrons. The zero-order chi connectivity index (χ0) is 18.4. The van der Waals surface area contributed by atoms with Crippen molar-refractivity contribution in [1.82, 2.24) is 10.2 Å². The third-order valence-electron chi connectivity index (χ3n) is 3.35. The lowest BCUT2D eigenvalue weighted by molar-refractivity contribution is -0.122. The van der Waals surface area contributed by atoms with Gasteiger partial charge in [-0.15, -0.1) is 10.2 Å². The minimum atomic E-state index is -0.709. The van der Waals surface area contributed by atoms with Crippen LogP contribution in [0.4, 0.5) is 5.13 Å². The van der Waals surface area contributed by atoms with Crippen molar-refractivity contribution >= 4 is 45.7 Å². The Morgan fingerprint density at radius 1 is 1.19 bits per heavy atom. The molecule has 5 nitrogen and oxygen atoms in total. The molecule has 3 aromatic rings. The summed E-state index contributed by atoms with van der Waals surface area (Å²) >= 11 is 8.96. The van der Waals surface area contributed by atoms with E-state index in [-0.39, 0.29) is 5.91 Å². The molecule has 0 aliphatic rings. The van der Waals surface area contributed by atoms with Gasteiger partial charge in [-0.2, -0.15) is 0 Å². The average molecular weight is 406 g/mol. The summed E-state index contributed by atoms with van der Waals surface area (Å²) in [7, 11) is 0. The first-order valence-corrected chi connectivity index (χ1v) is 10.0. The van der Waals surface area contributed by atoms with Crippen LogP contribution >= 0.6 is 34.7 Å². The van der Waals surface area contributed by atoms with E-state index in [9.17, 15) is 4.79 Å². The summed E-state index contributed by atoms with van der Waals surface area (Å²) in [6.45, 7) is 1.66. The van der Waals surface area contributed by atoms with Crippen LogP contribution in [-0.2, 0) is 10.5 Å². The highest BCUT2D eigenvalue weighted by Crippen LogP contribution is 2.29. The van der Waals surface area contributed by atoms with E-state index in [1.54, 1.807) is 43.0 Å². The third kappa shape index (κ3) is 5.20. The monoisotopic (exact) mass is 405 g/mol. The Labute approximate surface area is 164 Å². The Morgan fingerprint density at radius 2 is 1.92 bits per heavy atom. The molecule has 0 saturated heterocycles. The number of amides is 1. The Kier molecular flexibility index (Phi) is 6.49. The second kappa shape index (κ2) is 9.02. The Morgan fingerprint density at radius 3 is 2.69 bits per heavy atom. The highest BCUT2D eigenvalue weighted by Gasteiger charge is 2.18. The Bertz CT molecular complexity index is 874. The minimum Gasteiger partial charge on any atom is -0.479 e. The Hall–Kier alpha value is -2.09. The van der Waals surface area contributed by atoms with E-state index >= 15 is 0 Å². The Balaban J connectivity index is 1.53. The summed E-state index contributed by atoms with van der Waals surface area (Å²) in [4.78, 5) is 12.3. The van der Waals surface area contributed by atoms with Crippen LogP contribution in [0.1, 0.15) is 12.5 Å². The largest absolute Gasteiger partial charge is 0.479 e. The van der Waals surface area contributed by atoms with E-state index in [4.69, 9.17) is 16.3 Å². The summed E-state index contributed by atoms with van der Waals surface area (Å²) in [6, 6.07) is 17.1. The van der Waals surface area contributed by atoms with E-state index < -0.39 is 6.10 Å². The maximum atomic E-state index is 12.3. The van der Waals surface area contributed by atoms with Crippen LogP contribution in [0.2, 0.25) is 5.02 Å². The van der Waals surface area contributed by atoms with E-state index in [0.29, 0.717) is 15.9 Å². The second-order valence-electron chi connectivity index (χ2n) is 5.33. The highest BCUT2D eigenvalue weighted by molar-refractivity contribution is 8.00. The molecule has 26 heavy (non-hydrogen) atoms. The molecule has 2 aromatic carbocycles. The summed E-state index contributed by atoms with van der Waals surface area (Å²) < 4.78 is 6.39. The summed E-state index contributed by atoms with van der Waals surface area (Å²) in [6.07, 6.45) is -0.709.